The van der Waals surface area contributed by atoms with Crippen LogP contribution < -0.4 is 10.1 Å². The Bertz CT molecular complexity index is 517. The van der Waals surface area contributed by atoms with Gasteiger partial charge in [-0.1, -0.05) is 12.1 Å². The maximum absolute atomic E-state index is 12.1. The molecular formula is C17H24N2O3. The van der Waals surface area contributed by atoms with Crippen LogP contribution in [-0.2, 0) is 16.1 Å². The monoisotopic (exact) mass is 304 g/mol. The molecule has 5 heteroatoms. The summed E-state index contributed by atoms with van der Waals surface area (Å²) in [6.45, 7) is 4.02. The van der Waals surface area contributed by atoms with E-state index >= 15 is 0 Å². The highest BCUT2D eigenvalue weighted by Gasteiger charge is 2.45. The van der Waals surface area contributed by atoms with Crippen molar-refractivity contribution in [1.29, 1.82) is 0 Å². The highest BCUT2D eigenvalue weighted by atomic mass is 16.5. The van der Waals surface area contributed by atoms with E-state index in [1.165, 1.54) is 5.56 Å². The third-order valence-corrected chi connectivity index (χ3v) is 4.71. The summed E-state index contributed by atoms with van der Waals surface area (Å²) in [5.41, 5.74) is 1.25. The van der Waals surface area contributed by atoms with Crippen molar-refractivity contribution in [3.63, 3.8) is 0 Å². The fourth-order valence-electron chi connectivity index (χ4n) is 3.60. The lowest BCUT2D eigenvalue weighted by atomic mass is 10.0. The standard InChI is InChI=1S/C17H24N2O3/c1-3-22-17(20)16-15-9-6-13(10-18-16)19(15)11-12-4-7-14(21-2)8-5-12/h4-5,7-8,13,15-16,18H,3,6,9-11H2,1-2H3/t13-,15+,16?/m1/s1. The molecule has 0 saturated carbocycles. The average molecular weight is 304 g/mol. The minimum absolute atomic E-state index is 0.118. The van der Waals surface area contributed by atoms with Crippen LogP contribution in [0.3, 0.4) is 0 Å². The van der Waals surface area contributed by atoms with Crippen molar-refractivity contribution >= 4 is 5.97 Å². The van der Waals surface area contributed by atoms with E-state index in [2.05, 4.69) is 22.3 Å². The number of methoxy groups -OCH3 is 1. The molecule has 0 spiro atoms. The Kier molecular flexibility index (Phi) is 4.64. The molecule has 0 aliphatic carbocycles. The first-order valence-electron chi connectivity index (χ1n) is 8.01. The summed E-state index contributed by atoms with van der Waals surface area (Å²) < 4.78 is 10.4. The average Bonchev–Trinajstić information content (AvgIpc) is 2.79. The second-order valence-corrected chi connectivity index (χ2v) is 5.96. The minimum atomic E-state index is -0.197. The molecule has 1 N–H and O–H groups in total. The number of rotatable bonds is 5. The van der Waals surface area contributed by atoms with Gasteiger partial charge in [0, 0.05) is 25.2 Å². The van der Waals surface area contributed by atoms with Gasteiger partial charge in [0.25, 0.3) is 0 Å². The molecule has 3 atom stereocenters. The largest absolute Gasteiger partial charge is 0.497 e. The number of carbonyl (C=O) groups excluding carboxylic acids is 1. The van der Waals surface area contributed by atoms with Crippen LogP contribution in [0.4, 0.5) is 0 Å². The Labute approximate surface area is 131 Å². The first kappa shape index (κ1) is 15.3. The molecule has 1 aromatic carbocycles. The normalized spacial score (nSPS) is 27.6. The third-order valence-electron chi connectivity index (χ3n) is 4.71. The van der Waals surface area contributed by atoms with Crippen LogP contribution in [0, 0.1) is 0 Å². The molecule has 2 fully saturated rings. The second-order valence-electron chi connectivity index (χ2n) is 5.96. The van der Waals surface area contributed by atoms with Crippen molar-refractivity contribution in [2.24, 2.45) is 0 Å². The Morgan fingerprint density at radius 2 is 2.09 bits per heavy atom. The predicted octanol–water partition coefficient (Wildman–Crippen LogP) is 1.56. The molecule has 1 unspecified atom stereocenters. The van der Waals surface area contributed by atoms with Gasteiger partial charge >= 0.3 is 5.97 Å². The number of nitrogens with one attached hydrogen (secondary N) is 1. The van der Waals surface area contributed by atoms with Crippen molar-refractivity contribution in [3.05, 3.63) is 29.8 Å². The number of hydrogen-bond donors (Lipinski definition) is 1. The lowest BCUT2D eigenvalue weighted by molar-refractivity contribution is -0.148. The first-order valence-corrected chi connectivity index (χ1v) is 8.01. The summed E-state index contributed by atoms with van der Waals surface area (Å²) in [4.78, 5) is 14.6. The number of benzene rings is 1. The summed E-state index contributed by atoms with van der Waals surface area (Å²) in [6.07, 6.45) is 2.20. The summed E-state index contributed by atoms with van der Waals surface area (Å²) in [5.74, 6) is 0.754. The number of ether oxygens (including phenoxy) is 2. The van der Waals surface area contributed by atoms with Gasteiger partial charge in [0.1, 0.15) is 11.8 Å². The first-order chi connectivity index (χ1) is 10.7. The smallest absolute Gasteiger partial charge is 0.324 e. The highest BCUT2D eigenvalue weighted by molar-refractivity contribution is 5.77. The number of esters is 1. The van der Waals surface area contributed by atoms with Gasteiger partial charge in [-0.2, -0.15) is 0 Å². The maximum Gasteiger partial charge on any atom is 0.324 e. The van der Waals surface area contributed by atoms with Crippen LogP contribution in [0.5, 0.6) is 5.75 Å². The molecule has 1 aromatic rings. The van der Waals surface area contributed by atoms with Gasteiger partial charge in [0.15, 0.2) is 0 Å². The third kappa shape index (κ3) is 2.96. The van der Waals surface area contributed by atoms with Gasteiger partial charge < -0.3 is 14.8 Å². The van der Waals surface area contributed by atoms with Gasteiger partial charge in [-0.25, -0.2) is 0 Å². The summed E-state index contributed by atoms with van der Waals surface area (Å²) in [7, 11) is 1.68. The van der Waals surface area contributed by atoms with E-state index in [1.807, 2.05) is 19.1 Å². The van der Waals surface area contributed by atoms with Crippen molar-refractivity contribution in [1.82, 2.24) is 10.2 Å². The fraction of sp³-hybridized carbons (Fsp3) is 0.588. The molecule has 3 rings (SSSR count). The van der Waals surface area contributed by atoms with E-state index < -0.39 is 0 Å². The molecular weight excluding hydrogens is 280 g/mol. The van der Waals surface area contributed by atoms with Crippen molar-refractivity contribution < 1.29 is 14.3 Å². The van der Waals surface area contributed by atoms with Crippen molar-refractivity contribution in [2.75, 3.05) is 20.3 Å². The molecule has 5 nitrogen and oxygen atoms in total. The Morgan fingerprint density at radius 3 is 2.77 bits per heavy atom. The predicted molar refractivity (Wildman–Crippen MR) is 83.8 cm³/mol. The lowest BCUT2D eigenvalue weighted by Crippen LogP contribution is -2.60. The molecule has 2 heterocycles. The summed E-state index contributed by atoms with van der Waals surface area (Å²) in [5, 5.41) is 3.36. The highest BCUT2D eigenvalue weighted by Crippen LogP contribution is 2.32. The molecule has 120 valence electrons. The van der Waals surface area contributed by atoms with E-state index in [4.69, 9.17) is 9.47 Å². The quantitative estimate of drug-likeness (QED) is 0.837. The van der Waals surface area contributed by atoms with E-state index in [9.17, 15) is 4.79 Å². The zero-order valence-corrected chi connectivity index (χ0v) is 13.2. The van der Waals surface area contributed by atoms with Crippen LogP contribution >= 0.6 is 0 Å². The Morgan fingerprint density at radius 1 is 1.32 bits per heavy atom. The van der Waals surface area contributed by atoms with E-state index in [0.29, 0.717) is 12.6 Å². The van der Waals surface area contributed by atoms with Gasteiger partial charge in [-0.3, -0.25) is 9.69 Å². The number of hydrogen-bond acceptors (Lipinski definition) is 5. The molecule has 2 saturated heterocycles. The Balaban J connectivity index is 1.71. The van der Waals surface area contributed by atoms with Gasteiger partial charge in [-0.05, 0) is 37.5 Å². The van der Waals surface area contributed by atoms with Gasteiger partial charge in [0.2, 0.25) is 0 Å². The molecule has 2 aliphatic heterocycles. The second kappa shape index (κ2) is 6.67. The number of carbonyl (C=O) groups is 1. The van der Waals surface area contributed by atoms with E-state index in [0.717, 1.165) is 31.7 Å². The fourth-order valence-corrected chi connectivity index (χ4v) is 3.60. The minimum Gasteiger partial charge on any atom is -0.497 e. The molecule has 0 radical (unpaired) electrons. The molecule has 0 aromatic heterocycles. The molecule has 0 amide bonds. The van der Waals surface area contributed by atoms with Crippen LogP contribution in [0.25, 0.3) is 0 Å². The summed E-state index contributed by atoms with van der Waals surface area (Å²) >= 11 is 0. The van der Waals surface area contributed by atoms with Crippen LogP contribution in [0.1, 0.15) is 25.3 Å². The topological polar surface area (TPSA) is 50.8 Å². The molecule has 2 bridgehead atoms. The zero-order valence-electron chi connectivity index (χ0n) is 13.2. The van der Waals surface area contributed by atoms with E-state index in [-0.39, 0.29) is 18.1 Å². The SMILES string of the molecule is CCOC(=O)C1NC[C@H]2CC[C@@H]1N2Cc1ccc(OC)cc1. The number of piperazine rings is 1. The Hall–Kier alpha value is -1.59. The summed E-state index contributed by atoms with van der Waals surface area (Å²) in [6, 6.07) is 8.72. The van der Waals surface area contributed by atoms with Crippen molar-refractivity contribution in [2.45, 2.75) is 44.4 Å². The van der Waals surface area contributed by atoms with Crippen LogP contribution in [0.15, 0.2) is 24.3 Å². The maximum atomic E-state index is 12.1. The molecule has 22 heavy (non-hydrogen) atoms. The molecule has 2 aliphatic rings. The van der Waals surface area contributed by atoms with E-state index in [1.54, 1.807) is 7.11 Å². The van der Waals surface area contributed by atoms with Crippen LogP contribution in [0.2, 0.25) is 0 Å². The van der Waals surface area contributed by atoms with Crippen LogP contribution in [-0.4, -0.2) is 49.3 Å². The van der Waals surface area contributed by atoms with Crippen molar-refractivity contribution in [3.8, 4) is 5.75 Å². The van der Waals surface area contributed by atoms with Gasteiger partial charge in [-0.15, -0.1) is 0 Å². The van der Waals surface area contributed by atoms with Gasteiger partial charge in [0.05, 0.1) is 13.7 Å². The zero-order chi connectivity index (χ0) is 15.5. The number of fused-ring (bicyclic) bond motifs is 2. The lowest BCUT2D eigenvalue weighted by Gasteiger charge is -2.39. The number of nitrogens with zero attached hydrogens (tertiary/aromatic N) is 1.